The lowest BCUT2D eigenvalue weighted by Crippen LogP contribution is -2.41. The Morgan fingerprint density at radius 2 is 2.00 bits per heavy atom. The lowest BCUT2D eigenvalue weighted by molar-refractivity contribution is -0.136. The summed E-state index contributed by atoms with van der Waals surface area (Å²) in [5.74, 6) is -1.34. The maximum Gasteiger partial charge on any atom is 0.342 e. The van der Waals surface area contributed by atoms with E-state index in [9.17, 15) is 19.2 Å². The molecule has 2 fully saturated rings. The molecule has 3 rings (SSSR count). The molecule has 8 nitrogen and oxygen atoms in total. The number of hydrogen-bond acceptors (Lipinski definition) is 6. The summed E-state index contributed by atoms with van der Waals surface area (Å²) in [6, 6.07) is -0.488. The highest BCUT2D eigenvalue weighted by Crippen LogP contribution is 2.36. The van der Waals surface area contributed by atoms with Crippen molar-refractivity contribution >= 4 is 40.2 Å². The van der Waals surface area contributed by atoms with Gasteiger partial charge in [-0.1, -0.05) is 0 Å². The highest BCUT2D eigenvalue weighted by Gasteiger charge is 2.34. The van der Waals surface area contributed by atoms with Gasteiger partial charge < -0.3 is 15.4 Å². The Morgan fingerprint density at radius 1 is 1.31 bits per heavy atom. The summed E-state index contributed by atoms with van der Waals surface area (Å²) in [5, 5.41) is 5.77. The van der Waals surface area contributed by atoms with E-state index in [4.69, 9.17) is 4.74 Å². The van der Waals surface area contributed by atoms with E-state index >= 15 is 0 Å². The minimum Gasteiger partial charge on any atom is -0.449 e. The number of carbonyl (C=O) groups is 4. The van der Waals surface area contributed by atoms with Crippen LogP contribution in [0.4, 0.5) is 9.80 Å². The molecular formula is C17H21N3O5S. The number of nitrogens with one attached hydrogen (secondary N) is 2. The number of aryl methyl sites for hydroxylation is 1. The molecule has 4 amide bonds. The molecule has 1 aromatic heterocycles. The second kappa shape index (κ2) is 7.06. The van der Waals surface area contributed by atoms with E-state index in [-0.39, 0.29) is 23.9 Å². The maximum atomic E-state index is 12.6. The fourth-order valence-electron chi connectivity index (χ4n) is 2.69. The number of esters is 1. The molecule has 0 aromatic carbocycles. The van der Waals surface area contributed by atoms with E-state index < -0.39 is 24.0 Å². The normalized spacial score (nSPS) is 17.7. The van der Waals surface area contributed by atoms with Gasteiger partial charge in [0.05, 0.1) is 5.56 Å². The first-order valence-electron chi connectivity index (χ1n) is 8.50. The van der Waals surface area contributed by atoms with E-state index in [2.05, 4.69) is 10.6 Å². The van der Waals surface area contributed by atoms with Gasteiger partial charge >= 0.3 is 12.0 Å². The summed E-state index contributed by atoms with van der Waals surface area (Å²) < 4.78 is 5.30. The van der Waals surface area contributed by atoms with Crippen LogP contribution in [0.1, 0.15) is 40.6 Å². The molecule has 140 valence electrons. The van der Waals surface area contributed by atoms with Gasteiger partial charge in [-0.2, -0.15) is 0 Å². The minimum absolute atomic E-state index is 0.00997. The number of carbonyl (C=O) groups excluding carboxylic acids is 4. The smallest absolute Gasteiger partial charge is 0.342 e. The number of nitrogens with zero attached hydrogens (tertiary/aromatic N) is 1. The summed E-state index contributed by atoms with van der Waals surface area (Å²) >= 11 is 1.31. The van der Waals surface area contributed by atoms with Crippen LogP contribution in [-0.2, 0) is 14.3 Å². The van der Waals surface area contributed by atoms with Crippen molar-refractivity contribution in [2.24, 2.45) is 5.92 Å². The van der Waals surface area contributed by atoms with Gasteiger partial charge in [-0.3, -0.25) is 14.5 Å². The van der Waals surface area contributed by atoms with E-state index in [1.165, 1.54) is 18.3 Å². The molecule has 2 aliphatic rings. The Balaban J connectivity index is 1.73. The Morgan fingerprint density at radius 3 is 2.58 bits per heavy atom. The van der Waals surface area contributed by atoms with Crippen molar-refractivity contribution in [3.05, 3.63) is 16.0 Å². The number of imide groups is 1. The molecule has 26 heavy (non-hydrogen) atoms. The molecule has 1 saturated carbocycles. The lowest BCUT2D eigenvalue weighted by Gasteiger charge is -2.18. The monoisotopic (exact) mass is 379 g/mol. The van der Waals surface area contributed by atoms with Crippen molar-refractivity contribution in [1.82, 2.24) is 10.2 Å². The third-order valence-electron chi connectivity index (χ3n) is 4.53. The molecule has 9 heteroatoms. The summed E-state index contributed by atoms with van der Waals surface area (Å²) in [7, 11) is 0. The van der Waals surface area contributed by atoms with Crippen molar-refractivity contribution in [2.75, 3.05) is 18.4 Å². The van der Waals surface area contributed by atoms with Crippen LogP contribution < -0.4 is 10.6 Å². The Bertz CT molecular complexity index is 784. The number of anilines is 1. The van der Waals surface area contributed by atoms with E-state index in [1.807, 2.05) is 6.92 Å². The van der Waals surface area contributed by atoms with Gasteiger partial charge in [-0.25, -0.2) is 9.59 Å². The SMILES string of the molecule is Cc1sc(NC(=O)C2CC2)c(C(=O)O[C@H](C)C(=O)N2CCNC2=O)c1C. The van der Waals surface area contributed by atoms with Crippen molar-refractivity contribution in [2.45, 2.75) is 39.7 Å². The highest BCUT2D eigenvalue weighted by atomic mass is 32.1. The minimum atomic E-state index is -1.10. The quantitative estimate of drug-likeness (QED) is 0.759. The third kappa shape index (κ3) is 3.57. The zero-order valence-electron chi connectivity index (χ0n) is 14.9. The fourth-order valence-corrected chi connectivity index (χ4v) is 3.74. The average molecular weight is 379 g/mol. The van der Waals surface area contributed by atoms with Gasteiger partial charge in [0.2, 0.25) is 5.91 Å². The topological polar surface area (TPSA) is 105 Å². The number of amides is 4. The fraction of sp³-hybridized carbons (Fsp3) is 0.529. The molecular weight excluding hydrogens is 358 g/mol. The van der Waals surface area contributed by atoms with E-state index in [0.717, 1.165) is 22.6 Å². The zero-order chi connectivity index (χ0) is 19.0. The van der Waals surface area contributed by atoms with E-state index in [0.29, 0.717) is 17.1 Å². The number of thiophene rings is 1. The first-order valence-corrected chi connectivity index (χ1v) is 9.32. The Hall–Kier alpha value is -2.42. The largest absolute Gasteiger partial charge is 0.449 e. The summed E-state index contributed by atoms with van der Waals surface area (Å²) in [4.78, 5) is 50.5. The van der Waals surface area contributed by atoms with Crippen LogP contribution in [0.25, 0.3) is 0 Å². The molecule has 0 spiro atoms. The molecule has 1 aliphatic carbocycles. The Kier molecular flexibility index (Phi) is 4.99. The van der Waals surface area contributed by atoms with Crippen LogP contribution >= 0.6 is 11.3 Å². The lowest BCUT2D eigenvalue weighted by atomic mass is 10.1. The van der Waals surface area contributed by atoms with Crippen LogP contribution in [0.3, 0.4) is 0 Å². The van der Waals surface area contributed by atoms with Crippen LogP contribution in [0.2, 0.25) is 0 Å². The van der Waals surface area contributed by atoms with Crippen molar-refractivity contribution in [1.29, 1.82) is 0 Å². The molecule has 1 atom stereocenters. The van der Waals surface area contributed by atoms with Crippen molar-refractivity contribution in [3.63, 3.8) is 0 Å². The van der Waals surface area contributed by atoms with E-state index in [1.54, 1.807) is 6.92 Å². The molecule has 1 saturated heterocycles. The predicted octanol–water partition coefficient (Wildman–Crippen LogP) is 1.81. The average Bonchev–Trinajstić information content (AvgIpc) is 3.29. The van der Waals surface area contributed by atoms with Crippen molar-refractivity contribution < 1.29 is 23.9 Å². The predicted molar refractivity (Wildman–Crippen MR) is 95.1 cm³/mol. The van der Waals surface area contributed by atoms with Crippen LogP contribution in [0.5, 0.6) is 0 Å². The molecule has 0 bridgehead atoms. The molecule has 2 heterocycles. The standard InChI is InChI=1S/C17H21N3O5S/c1-8-10(3)26-14(19-13(21)11-4-5-11)12(8)16(23)25-9(2)15(22)20-7-6-18-17(20)24/h9,11H,4-7H2,1-3H3,(H,18,24)(H,19,21)/t9-/m1/s1. The van der Waals surface area contributed by atoms with Gasteiger partial charge in [0.15, 0.2) is 6.10 Å². The van der Waals surface area contributed by atoms with Gasteiger partial charge in [-0.15, -0.1) is 11.3 Å². The van der Waals surface area contributed by atoms with Crippen molar-refractivity contribution in [3.8, 4) is 0 Å². The second-order valence-corrected chi connectivity index (χ2v) is 7.74. The first-order chi connectivity index (χ1) is 12.3. The molecule has 2 N–H and O–H groups in total. The van der Waals surface area contributed by atoms with Gasteiger partial charge in [-0.05, 0) is 39.2 Å². The molecule has 0 radical (unpaired) electrons. The van der Waals surface area contributed by atoms with Crippen LogP contribution in [0, 0.1) is 19.8 Å². The van der Waals surface area contributed by atoms with Gasteiger partial charge in [0.25, 0.3) is 5.91 Å². The van der Waals surface area contributed by atoms with Crippen LogP contribution in [0.15, 0.2) is 0 Å². The number of ether oxygens (including phenoxy) is 1. The molecule has 1 aromatic rings. The molecule has 0 unspecified atom stereocenters. The van der Waals surface area contributed by atoms with Gasteiger partial charge in [0, 0.05) is 23.9 Å². The van der Waals surface area contributed by atoms with Crippen LogP contribution in [-0.4, -0.2) is 47.9 Å². The molecule has 1 aliphatic heterocycles. The number of urea groups is 1. The summed E-state index contributed by atoms with van der Waals surface area (Å²) in [5.41, 5.74) is 0.983. The summed E-state index contributed by atoms with van der Waals surface area (Å²) in [6.07, 6.45) is 0.620. The summed E-state index contributed by atoms with van der Waals surface area (Å²) in [6.45, 7) is 5.69. The zero-order valence-corrected chi connectivity index (χ0v) is 15.7. The highest BCUT2D eigenvalue weighted by molar-refractivity contribution is 7.16. The second-order valence-electron chi connectivity index (χ2n) is 6.52. The number of hydrogen-bond donors (Lipinski definition) is 2. The number of rotatable bonds is 5. The Labute approximate surface area is 154 Å². The maximum absolute atomic E-state index is 12.6. The third-order valence-corrected chi connectivity index (χ3v) is 5.65. The van der Waals surface area contributed by atoms with Gasteiger partial charge in [0.1, 0.15) is 5.00 Å². The first kappa shape index (κ1) is 18.4.